The lowest BCUT2D eigenvalue weighted by Crippen LogP contribution is -2.17. The van der Waals surface area contributed by atoms with Crippen molar-refractivity contribution in [3.8, 4) is 11.5 Å². The summed E-state index contributed by atoms with van der Waals surface area (Å²) in [5.74, 6) is 2.99. The van der Waals surface area contributed by atoms with Crippen molar-refractivity contribution in [2.24, 2.45) is 0 Å². The second kappa shape index (κ2) is 8.89. The Kier molecular flexibility index (Phi) is 6.57. The lowest BCUT2D eigenvalue weighted by atomic mass is 10.0. The van der Waals surface area contributed by atoms with Gasteiger partial charge in [-0.2, -0.15) is 5.10 Å². The highest BCUT2D eigenvalue weighted by Crippen LogP contribution is 2.38. The summed E-state index contributed by atoms with van der Waals surface area (Å²) in [7, 11) is 0. The summed E-state index contributed by atoms with van der Waals surface area (Å²) >= 11 is 1.78. The lowest BCUT2D eigenvalue weighted by Gasteiger charge is -2.20. The largest absolute Gasteiger partial charge is 0.309 e. The number of aromatic nitrogens is 5. The summed E-state index contributed by atoms with van der Waals surface area (Å²) in [5, 5.41) is 16.2. The highest BCUT2D eigenvalue weighted by atomic mass is 32.2. The Labute approximate surface area is 161 Å². The van der Waals surface area contributed by atoms with Gasteiger partial charge < -0.3 is 4.57 Å². The van der Waals surface area contributed by atoms with Crippen molar-refractivity contribution >= 4 is 11.8 Å². The molecular weight excluding hydrogens is 342 g/mol. The van der Waals surface area contributed by atoms with E-state index in [1.165, 1.54) is 42.6 Å². The molecule has 5 nitrogen and oxygen atoms in total. The average molecular weight is 374 g/mol. The zero-order valence-corrected chi connectivity index (χ0v) is 17.3. The van der Waals surface area contributed by atoms with Gasteiger partial charge in [-0.1, -0.05) is 39.7 Å². The third-order valence-corrected chi connectivity index (χ3v) is 6.06. The Balaban J connectivity index is 0.000000948. The summed E-state index contributed by atoms with van der Waals surface area (Å²) in [4.78, 5) is 0. The standard InChI is InChI=1S/C18H25N5S.C2H6/c1-3-11-24-12-16-19-20-18-17-14(9-10-22(16)18)15(4-2)21-23(17)13-7-5-6-8-13;1-2/h3,11,13H,4-10,12H2,1-2H3;1-2H3/b11-3-;. The second-order valence-electron chi connectivity index (χ2n) is 6.63. The van der Waals surface area contributed by atoms with Crippen LogP contribution in [0, 0.1) is 0 Å². The fourth-order valence-corrected chi connectivity index (χ4v) is 4.66. The molecule has 2 aliphatic rings. The molecule has 0 unspecified atom stereocenters. The molecule has 6 heteroatoms. The van der Waals surface area contributed by atoms with Gasteiger partial charge in [-0.3, -0.25) is 4.68 Å². The Morgan fingerprint density at radius 2 is 1.96 bits per heavy atom. The van der Waals surface area contributed by atoms with E-state index >= 15 is 0 Å². The van der Waals surface area contributed by atoms with Gasteiger partial charge in [0.1, 0.15) is 11.5 Å². The van der Waals surface area contributed by atoms with Crippen molar-refractivity contribution in [2.45, 2.75) is 84.6 Å². The summed E-state index contributed by atoms with van der Waals surface area (Å²) in [6, 6.07) is 0.545. The number of nitrogens with zero attached hydrogens (tertiary/aromatic N) is 5. The van der Waals surface area contributed by atoms with Gasteiger partial charge >= 0.3 is 0 Å². The van der Waals surface area contributed by atoms with E-state index in [0.717, 1.165) is 36.8 Å². The van der Waals surface area contributed by atoms with E-state index < -0.39 is 0 Å². The highest BCUT2D eigenvalue weighted by Gasteiger charge is 2.31. The minimum atomic E-state index is 0.545. The fourth-order valence-electron chi connectivity index (χ4n) is 4.01. The molecular formula is C20H31N5S. The predicted octanol–water partition coefficient (Wildman–Crippen LogP) is 5.17. The van der Waals surface area contributed by atoms with Gasteiger partial charge in [-0.15, -0.1) is 22.0 Å². The molecule has 2 aromatic rings. The molecule has 0 amide bonds. The molecule has 0 spiro atoms. The Bertz CT molecular complexity index is 753. The number of allylic oxidation sites excluding steroid dienone is 1. The number of hydrogen-bond acceptors (Lipinski definition) is 4. The molecule has 2 aromatic heterocycles. The average Bonchev–Trinajstić information content (AvgIpc) is 3.41. The van der Waals surface area contributed by atoms with Crippen molar-refractivity contribution in [1.29, 1.82) is 0 Å². The molecule has 0 saturated heterocycles. The highest BCUT2D eigenvalue weighted by molar-refractivity contribution is 8.01. The van der Waals surface area contributed by atoms with E-state index in [-0.39, 0.29) is 0 Å². The molecule has 3 heterocycles. The minimum Gasteiger partial charge on any atom is -0.309 e. The van der Waals surface area contributed by atoms with E-state index in [1.807, 2.05) is 20.8 Å². The van der Waals surface area contributed by atoms with E-state index in [2.05, 4.69) is 37.9 Å². The van der Waals surface area contributed by atoms with Crippen LogP contribution >= 0.6 is 11.8 Å². The lowest BCUT2D eigenvalue weighted by molar-refractivity contribution is 0.464. The molecule has 0 radical (unpaired) electrons. The smallest absolute Gasteiger partial charge is 0.182 e. The maximum absolute atomic E-state index is 5.00. The Morgan fingerprint density at radius 1 is 1.19 bits per heavy atom. The van der Waals surface area contributed by atoms with Crippen LogP contribution in [-0.2, 0) is 25.1 Å². The summed E-state index contributed by atoms with van der Waals surface area (Å²) in [5.41, 5.74) is 3.92. The molecule has 1 fully saturated rings. The van der Waals surface area contributed by atoms with Crippen LogP contribution in [0.1, 0.15) is 76.5 Å². The van der Waals surface area contributed by atoms with Crippen LogP contribution in [0.25, 0.3) is 11.5 Å². The van der Waals surface area contributed by atoms with Gasteiger partial charge in [0.15, 0.2) is 5.82 Å². The molecule has 4 rings (SSSR count). The van der Waals surface area contributed by atoms with Gasteiger partial charge in [0.25, 0.3) is 0 Å². The van der Waals surface area contributed by atoms with Crippen LogP contribution in [0.3, 0.4) is 0 Å². The third-order valence-electron chi connectivity index (χ3n) is 5.17. The molecule has 0 atom stereocenters. The van der Waals surface area contributed by atoms with Crippen LogP contribution < -0.4 is 0 Å². The first-order valence-electron chi connectivity index (χ1n) is 10.1. The fraction of sp³-hybridized carbons (Fsp3) is 0.650. The number of fused-ring (bicyclic) bond motifs is 3. The maximum Gasteiger partial charge on any atom is 0.182 e. The number of hydrogen-bond donors (Lipinski definition) is 0. The summed E-state index contributed by atoms with van der Waals surface area (Å²) in [6.45, 7) is 9.23. The molecule has 1 saturated carbocycles. The topological polar surface area (TPSA) is 48.5 Å². The van der Waals surface area contributed by atoms with Crippen LogP contribution in [0.15, 0.2) is 11.5 Å². The van der Waals surface area contributed by atoms with Crippen LogP contribution in [0.4, 0.5) is 0 Å². The molecule has 0 aromatic carbocycles. The van der Waals surface area contributed by atoms with Crippen molar-refractivity contribution in [3.63, 3.8) is 0 Å². The Morgan fingerprint density at radius 3 is 2.65 bits per heavy atom. The monoisotopic (exact) mass is 373 g/mol. The van der Waals surface area contributed by atoms with Gasteiger partial charge in [-0.25, -0.2) is 0 Å². The first-order chi connectivity index (χ1) is 12.8. The molecule has 142 valence electrons. The molecule has 0 bridgehead atoms. The first-order valence-corrected chi connectivity index (χ1v) is 11.1. The van der Waals surface area contributed by atoms with Crippen molar-refractivity contribution in [2.75, 3.05) is 0 Å². The third kappa shape index (κ3) is 3.48. The SMILES string of the molecule is C/C=C\SCc1nnc2n1CCc1c(CC)nn(C3CCCC3)c1-2.CC. The number of thioether (sulfide) groups is 1. The zero-order valence-electron chi connectivity index (χ0n) is 16.5. The number of rotatable bonds is 5. The van der Waals surface area contributed by atoms with E-state index in [1.54, 1.807) is 11.8 Å². The van der Waals surface area contributed by atoms with E-state index in [0.29, 0.717) is 6.04 Å². The van der Waals surface area contributed by atoms with Gasteiger partial charge in [-0.05, 0) is 38.0 Å². The van der Waals surface area contributed by atoms with Crippen LogP contribution in [0.2, 0.25) is 0 Å². The van der Waals surface area contributed by atoms with Gasteiger partial charge in [0.2, 0.25) is 0 Å². The van der Waals surface area contributed by atoms with E-state index in [9.17, 15) is 0 Å². The number of aryl methyl sites for hydroxylation is 1. The predicted molar refractivity (Wildman–Crippen MR) is 109 cm³/mol. The molecule has 1 aliphatic carbocycles. The summed E-state index contributed by atoms with van der Waals surface area (Å²) in [6.07, 6.45) is 9.25. The quantitative estimate of drug-likeness (QED) is 0.725. The van der Waals surface area contributed by atoms with Crippen LogP contribution in [0.5, 0.6) is 0 Å². The maximum atomic E-state index is 5.00. The summed E-state index contributed by atoms with van der Waals surface area (Å²) < 4.78 is 4.61. The van der Waals surface area contributed by atoms with Crippen molar-refractivity contribution < 1.29 is 0 Å². The minimum absolute atomic E-state index is 0.545. The van der Waals surface area contributed by atoms with Crippen molar-refractivity contribution in [1.82, 2.24) is 24.5 Å². The van der Waals surface area contributed by atoms with Crippen LogP contribution in [-0.4, -0.2) is 24.5 Å². The first kappa shape index (κ1) is 19.2. The molecule has 26 heavy (non-hydrogen) atoms. The van der Waals surface area contributed by atoms with E-state index in [4.69, 9.17) is 5.10 Å². The second-order valence-corrected chi connectivity index (χ2v) is 7.53. The molecule has 0 N–H and O–H groups in total. The Hall–Kier alpha value is -1.56. The zero-order chi connectivity index (χ0) is 18.5. The molecule has 1 aliphatic heterocycles. The normalized spacial score (nSPS) is 16.5. The van der Waals surface area contributed by atoms with Gasteiger partial charge in [0, 0.05) is 12.1 Å². The van der Waals surface area contributed by atoms with Gasteiger partial charge in [0.05, 0.1) is 17.5 Å². The van der Waals surface area contributed by atoms with Crippen molar-refractivity contribution in [3.05, 3.63) is 28.6 Å².